The number of hydrogen-bond donors (Lipinski definition) is 1. The van der Waals surface area contributed by atoms with Crippen molar-refractivity contribution in [2.45, 2.75) is 6.17 Å². The van der Waals surface area contributed by atoms with E-state index in [2.05, 4.69) is 17.0 Å². The quantitative estimate of drug-likeness (QED) is 0.643. The van der Waals surface area contributed by atoms with Crippen LogP contribution in [-0.4, -0.2) is 21.8 Å². The van der Waals surface area contributed by atoms with Gasteiger partial charge in [0.1, 0.15) is 17.3 Å². The lowest BCUT2D eigenvalue weighted by atomic mass is 10.1. The molecule has 0 fully saturated rings. The van der Waals surface area contributed by atoms with Crippen molar-refractivity contribution in [2.75, 3.05) is 5.75 Å². The molecule has 1 N–H and O–H groups in total. The van der Waals surface area contributed by atoms with E-state index in [0.29, 0.717) is 38.7 Å². The van der Waals surface area contributed by atoms with Gasteiger partial charge in [-0.05, 0) is 42.5 Å². The van der Waals surface area contributed by atoms with Gasteiger partial charge in [-0.15, -0.1) is 11.7 Å². The van der Waals surface area contributed by atoms with Gasteiger partial charge in [-0.3, -0.25) is 10.1 Å². The summed E-state index contributed by atoms with van der Waals surface area (Å²) in [6.45, 7) is 3.71. The van der Waals surface area contributed by atoms with Crippen molar-refractivity contribution in [3.8, 4) is 11.3 Å². The summed E-state index contributed by atoms with van der Waals surface area (Å²) >= 11 is 1.38. The molecule has 0 bridgehead atoms. The highest BCUT2D eigenvalue weighted by atomic mass is 32.2. The van der Waals surface area contributed by atoms with Crippen LogP contribution in [0.4, 0.5) is 4.39 Å². The van der Waals surface area contributed by atoms with E-state index in [0.717, 1.165) is 5.56 Å². The van der Waals surface area contributed by atoms with E-state index in [-0.39, 0.29) is 11.7 Å². The lowest BCUT2D eigenvalue weighted by Crippen LogP contribution is -2.50. The number of benzene rings is 2. The van der Waals surface area contributed by atoms with Crippen LogP contribution in [0.15, 0.2) is 87.8 Å². The number of thioether (sulfide) groups is 1. The molecule has 0 spiro atoms. The van der Waals surface area contributed by atoms with E-state index in [9.17, 15) is 9.18 Å². The molecule has 1 amide bonds. The summed E-state index contributed by atoms with van der Waals surface area (Å²) in [6.07, 6.45) is 1.09. The molecule has 8 heteroatoms. The SMILES string of the molecule is C=CCSC1=NN2C(=c3ccccc3=N[C@H]2c2ccc(-c3ccc(F)cc3)o2)C(=O)N1. The minimum absolute atomic E-state index is 0.251. The average molecular weight is 432 g/mol. The molecule has 0 saturated heterocycles. The highest BCUT2D eigenvalue weighted by Gasteiger charge is 2.35. The highest BCUT2D eigenvalue weighted by molar-refractivity contribution is 8.14. The standard InChI is InChI=1S/C23H17FN4O2S/c1-2-13-31-23-26-22(29)20-16-5-3-4-6-17(16)25-21(28(20)27-23)19-12-11-18(30-19)14-7-9-15(24)10-8-14/h2-12,21H,1,13H2,(H,26,27,29)/t21-/m1/s1. The number of hydrazone groups is 1. The number of fused-ring (bicyclic) bond motifs is 2. The molecule has 2 aliphatic rings. The van der Waals surface area contributed by atoms with Gasteiger partial charge in [-0.25, -0.2) is 14.4 Å². The molecule has 0 unspecified atom stereocenters. The molecule has 0 radical (unpaired) electrons. The van der Waals surface area contributed by atoms with Crippen molar-refractivity contribution in [1.82, 2.24) is 10.3 Å². The van der Waals surface area contributed by atoms with Crippen LogP contribution >= 0.6 is 11.8 Å². The number of carbonyl (C=O) groups excluding carboxylic acids is 1. The summed E-state index contributed by atoms with van der Waals surface area (Å²) in [7, 11) is 0. The molecule has 2 aliphatic heterocycles. The predicted molar refractivity (Wildman–Crippen MR) is 118 cm³/mol. The van der Waals surface area contributed by atoms with Crippen LogP contribution in [0.1, 0.15) is 11.9 Å². The maximum atomic E-state index is 13.3. The van der Waals surface area contributed by atoms with Gasteiger partial charge in [0.15, 0.2) is 10.9 Å². The number of nitrogens with zero attached hydrogens (tertiary/aromatic N) is 3. The third-order valence-electron chi connectivity index (χ3n) is 4.86. The van der Waals surface area contributed by atoms with Crippen molar-refractivity contribution in [1.29, 1.82) is 0 Å². The molecule has 6 nitrogen and oxygen atoms in total. The van der Waals surface area contributed by atoms with Gasteiger partial charge in [-0.2, -0.15) is 0 Å². The summed E-state index contributed by atoms with van der Waals surface area (Å²) in [5.74, 6) is 1.15. The first kappa shape index (κ1) is 19.3. The molecule has 2 aromatic carbocycles. The zero-order valence-electron chi connectivity index (χ0n) is 16.3. The molecular weight excluding hydrogens is 415 g/mol. The number of amides is 1. The van der Waals surface area contributed by atoms with Crippen molar-refractivity contribution in [3.63, 3.8) is 0 Å². The summed E-state index contributed by atoms with van der Waals surface area (Å²) < 4.78 is 19.3. The maximum Gasteiger partial charge on any atom is 0.276 e. The van der Waals surface area contributed by atoms with Crippen LogP contribution in [0.3, 0.4) is 0 Å². The van der Waals surface area contributed by atoms with Crippen LogP contribution in [0.25, 0.3) is 17.0 Å². The maximum absolute atomic E-state index is 13.3. The molecule has 154 valence electrons. The summed E-state index contributed by atoms with van der Waals surface area (Å²) in [5.41, 5.74) is 1.16. The molecule has 3 aromatic rings. The second-order valence-corrected chi connectivity index (χ2v) is 7.89. The number of rotatable bonds is 4. The van der Waals surface area contributed by atoms with Crippen LogP contribution in [0.2, 0.25) is 0 Å². The molecular formula is C23H17FN4O2S. The topological polar surface area (TPSA) is 70.2 Å². The first-order valence-electron chi connectivity index (χ1n) is 9.60. The first-order valence-corrected chi connectivity index (χ1v) is 10.6. The Kier molecular flexibility index (Phi) is 4.91. The van der Waals surface area contributed by atoms with E-state index in [1.807, 2.05) is 24.3 Å². The first-order chi connectivity index (χ1) is 15.1. The van der Waals surface area contributed by atoms with Gasteiger partial charge >= 0.3 is 0 Å². The fourth-order valence-electron chi connectivity index (χ4n) is 3.48. The Bertz CT molecular complexity index is 1330. The van der Waals surface area contributed by atoms with E-state index < -0.39 is 6.17 Å². The highest BCUT2D eigenvalue weighted by Crippen LogP contribution is 2.34. The average Bonchev–Trinajstić information content (AvgIpc) is 3.27. The molecule has 31 heavy (non-hydrogen) atoms. The number of furan rings is 1. The van der Waals surface area contributed by atoms with Gasteiger partial charge in [0.2, 0.25) is 6.17 Å². The Hall–Kier alpha value is -3.65. The van der Waals surface area contributed by atoms with Gasteiger partial charge in [-0.1, -0.05) is 36.0 Å². The zero-order valence-corrected chi connectivity index (χ0v) is 17.1. The third kappa shape index (κ3) is 3.55. The summed E-state index contributed by atoms with van der Waals surface area (Å²) in [4.78, 5) is 17.8. The monoisotopic (exact) mass is 432 g/mol. The minimum Gasteiger partial charge on any atom is -0.457 e. The fraction of sp³-hybridized carbons (Fsp3) is 0.0870. The van der Waals surface area contributed by atoms with Crippen molar-refractivity contribution < 1.29 is 13.6 Å². The summed E-state index contributed by atoms with van der Waals surface area (Å²) in [6, 6.07) is 17.1. The molecule has 1 aromatic heterocycles. The Morgan fingerprint density at radius 1 is 1.16 bits per heavy atom. The largest absolute Gasteiger partial charge is 0.457 e. The number of halogens is 1. The predicted octanol–water partition coefficient (Wildman–Crippen LogP) is 3.15. The second-order valence-electron chi connectivity index (χ2n) is 6.88. The molecule has 3 heterocycles. The van der Waals surface area contributed by atoms with Crippen LogP contribution in [-0.2, 0) is 4.79 Å². The number of amidine groups is 1. The third-order valence-corrected chi connectivity index (χ3v) is 5.72. The number of carbonyl (C=O) groups is 1. The fourth-order valence-corrected chi connectivity index (χ4v) is 4.06. The number of hydrogen-bond acceptors (Lipinski definition) is 6. The van der Waals surface area contributed by atoms with Crippen LogP contribution in [0.5, 0.6) is 0 Å². The Balaban J connectivity index is 1.61. The van der Waals surface area contributed by atoms with Gasteiger partial charge < -0.3 is 4.42 Å². The van der Waals surface area contributed by atoms with Gasteiger partial charge in [0.05, 0.1) is 5.36 Å². The van der Waals surface area contributed by atoms with E-state index in [1.54, 1.807) is 35.4 Å². The molecule has 0 saturated carbocycles. The van der Waals surface area contributed by atoms with E-state index in [4.69, 9.17) is 9.41 Å². The van der Waals surface area contributed by atoms with Gasteiger partial charge in [0, 0.05) is 16.5 Å². The minimum atomic E-state index is -0.649. The van der Waals surface area contributed by atoms with E-state index >= 15 is 0 Å². The second kappa shape index (κ2) is 7.88. The lowest BCUT2D eigenvalue weighted by Gasteiger charge is -2.32. The van der Waals surface area contributed by atoms with Crippen molar-refractivity contribution in [2.24, 2.45) is 10.1 Å². The van der Waals surface area contributed by atoms with Gasteiger partial charge in [0.25, 0.3) is 5.91 Å². The normalized spacial score (nSPS) is 17.3. The number of nitrogens with one attached hydrogen (secondary N) is 1. The number of para-hydroxylation sites is 1. The molecule has 1 atom stereocenters. The Labute approximate surface area is 181 Å². The molecule has 5 rings (SSSR count). The van der Waals surface area contributed by atoms with Crippen LogP contribution in [0, 0.1) is 5.82 Å². The Morgan fingerprint density at radius 3 is 2.77 bits per heavy atom. The van der Waals surface area contributed by atoms with Crippen molar-refractivity contribution in [3.05, 3.63) is 95.5 Å². The molecule has 0 aliphatic carbocycles. The lowest BCUT2D eigenvalue weighted by molar-refractivity contribution is -0.116. The zero-order chi connectivity index (χ0) is 21.4. The summed E-state index contributed by atoms with van der Waals surface area (Å²) in [5, 5.41) is 10.9. The Morgan fingerprint density at radius 2 is 1.97 bits per heavy atom. The smallest absolute Gasteiger partial charge is 0.276 e. The van der Waals surface area contributed by atoms with Crippen LogP contribution < -0.4 is 15.9 Å². The van der Waals surface area contributed by atoms with E-state index in [1.165, 1.54) is 23.9 Å². The van der Waals surface area contributed by atoms with Crippen molar-refractivity contribution >= 4 is 28.5 Å².